The maximum Gasteiger partial charge on any atom is 0.119 e. The Morgan fingerprint density at radius 3 is 2.68 bits per heavy atom. The summed E-state index contributed by atoms with van der Waals surface area (Å²) in [4.78, 5) is 5.31. The largest absolute Gasteiger partial charge is 0.490 e. The third-order valence-electron chi connectivity index (χ3n) is 3.41. The number of nitrogens with zero attached hydrogens (tertiary/aromatic N) is 1. The van der Waals surface area contributed by atoms with Crippen LogP contribution in [0.4, 0.5) is 5.69 Å². The van der Waals surface area contributed by atoms with Crippen LogP contribution in [0, 0.1) is 0 Å². The topological polar surface area (TPSA) is 34.2 Å². The summed E-state index contributed by atoms with van der Waals surface area (Å²) in [7, 11) is 0. The highest BCUT2D eigenvalue weighted by Crippen LogP contribution is 2.25. The summed E-state index contributed by atoms with van der Waals surface area (Å²) < 4.78 is 5.94. The van der Waals surface area contributed by atoms with E-state index in [2.05, 4.69) is 22.4 Å². The van der Waals surface area contributed by atoms with Crippen molar-refractivity contribution in [2.45, 2.75) is 38.3 Å². The van der Waals surface area contributed by atoms with Gasteiger partial charge in [-0.25, -0.2) is 0 Å². The molecule has 1 aliphatic rings. The van der Waals surface area contributed by atoms with Crippen molar-refractivity contribution in [3.63, 3.8) is 0 Å². The number of thiazole rings is 1. The van der Waals surface area contributed by atoms with Gasteiger partial charge in [0.2, 0.25) is 0 Å². The third-order valence-corrected chi connectivity index (χ3v) is 4.19. The number of nitrogens with one attached hydrogen (secondary N) is 1. The predicted molar refractivity (Wildman–Crippen MR) is 78.8 cm³/mol. The van der Waals surface area contributed by atoms with Gasteiger partial charge in [-0.1, -0.05) is 0 Å². The van der Waals surface area contributed by atoms with E-state index in [9.17, 15) is 0 Å². The lowest BCUT2D eigenvalue weighted by atomic mass is 10.2. The van der Waals surface area contributed by atoms with Crippen molar-refractivity contribution in [2.24, 2.45) is 0 Å². The van der Waals surface area contributed by atoms with Crippen LogP contribution in [-0.4, -0.2) is 11.1 Å². The molecule has 3 rings (SSSR count). The van der Waals surface area contributed by atoms with Gasteiger partial charge >= 0.3 is 0 Å². The Morgan fingerprint density at radius 1 is 1.21 bits per heavy atom. The molecule has 0 unspecified atom stereocenters. The summed E-state index contributed by atoms with van der Waals surface area (Å²) in [6.45, 7) is 0.827. The number of aromatic nitrogens is 1. The van der Waals surface area contributed by atoms with Crippen molar-refractivity contribution in [3.05, 3.63) is 40.8 Å². The zero-order valence-corrected chi connectivity index (χ0v) is 11.7. The summed E-state index contributed by atoms with van der Waals surface area (Å²) >= 11 is 1.67. The van der Waals surface area contributed by atoms with Gasteiger partial charge in [0.1, 0.15) is 5.75 Å². The number of hydrogen-bond donors (Lipinski definition) is 1. The first-order valence-electron chi connectivity index (χ1n) is 6.78. The number of anilines is 1. The Morgan fingerprint density at radius 2 is 2.00 bits per heavy atom. The van der Waals surface area contributed by atoms with Gasteiger partial charge in [0.25, 0.3) is 0 Å². The van der Waals surface area contributed by atoms with Gasteiger partial charge in [0.05, 0.1) is 18.2 Å². The van der Waals surface area contributed by atoms with E-state index in [0.717, 1.165) is 18.0 Å². The second-order valence-corrected chi connectivity index (χ2v) is 5.84. The standard InChI is InChI=1S/C15H18N2OS/c1-2-4-13(3-1)18-14-7-5-12(6-8-14)17-10-15-9-16-11-19-15/h5-9,11,13,17H,1-4,10H2. The lowest BCUT2D eigenvalue weighted by molar-refractivity contribution is 0.210. The molecule has 0 atom stereocenters. The Bertz CT molecular complexity index is 489. The first-order chi connectivity index (χ1) is 9.40. The molecular formula is C15H18N2OS. The SMILES string of the molecule is c1ncc(CNc2ccc(OC3CCCC3)cc2)s1. The quantitative estimate of drug-likeness (QED) is 0.892. The first kappa shape index (κ1) is 12.5. The fourth-order valence-corrected chi connectivity index (χ4v) is 2.90. The molecule has 0 radical (unpaired) electrons. The predicted octanol–water partition coefficient (Wildman–Crippen LogP) is 4.08. The van der Waals surface area contributed by atoms with E-state index in [1.807, 2.05) is 23.8 Å². The van der Waals surface area contributed by atoms with Crippen molar-refractivity contribution in [3.8, 4) is 5.75 Å². The van der Waals surface area contributed by atoms with Crippen molar-refractivity contribution in [2.75, 3.05) is 5.32 Å². The number of hydrogen-bond acceptors (Lipinski definition) is 4. The van der Waals surface area contributed by atoms with Crippen LogP contribution in [0.5, 0.6) is 5.75 Å². The van der Waals surface area contributed by atoms with Crippen LogP contribution < -0.4 is 10.1 Å². The maximum absolute atomic E-state index is 5.94. The summed E-state index contributed by atoms with van der Waals surface area (Å²) in [6, 6.07) is 8.25. The number of rotatable bonds is 5. The Labute approximate surface area is 117 Å². The van der Waals surface area contributed by atoms with E-state index >= 15 is 0 Å². The molecule has 4 heteroatoms. The molecule has 0 spiro atoms. The molecule has 1 aliphatic carbocycles. The van der Waals surface area contributed by atoms with Crippen LogP contribution in [0.3, 0.4) is 0 Å². The molecular weight excluding hydrogens is 256 g/mol. The molecule has 1 saturated carbocycles. The fraction of sp³-hybridized carbons (Fsp3) is 0.400. The molecule has 1 aromatic carbocycles. The van der Waals surface area contributed by atoms with Crippen molar-refractivity contribution >= 4 is 17.0 Å². The van der Waals surface area contributed by atoms with Crippen LogP contribution in [0.1, 0.15) is 30.6 Å². The van der Waals surface area contributed by atoms with Gasteiger partial charge in [0, 0.05) is 16.8 Å². The monoisotopic (exact) mass is 274 g/mol. The highest BCUT2D eigenvalue weighted by Gasteiger charge is 2.16. The van der Waals surface area contributed by atoms with E-state index in [1.165, 1.54) is 30.6 Å². The molecule has 0 aliphatic heterocycles. The molecule has 1 aromatic heterocycles. The van der Waals surface area contributed by atoms with Gasteiger partial charge in [0.15, 0.2) is 0 Å². The molecule has 0 saturated heterocycles. The smallest absolute Gasteiger partial charge is 0.119 e. The second-order valence-electron chi connectivity index (χ2n) is 4.87. The summed E-state index contributed by atoms with van der Waals surface area (Å²) in [5.74, 6) is 0.982. The minimum absolute atomic E-state index is 0.427. The highest BCUT2D eigenvalue weighted by atomic mass is 32.1. The molecule has 1 N–H and O–H groups in total. The highest BCUT2D eigenvalue weighted by molar-refractivity contribution is 7.09. The number of ether oxygens (including phenoxy) is 1. The van der Waals surface area contributed by atoms with E-state index in [4.69, 9.17) is 4.74 Å². The average molecular weight is 274 g/mol. The summed E-state index contributed by atoms with van der Waals surface area (Å²) in [5.41, 5.74) is 2.97. The zero-order chi connectivity index (χ0) is 12.9. The lowest BCUT2D eigenvalue weighted by Crippen LogP contribution is -2.10. The van der Waals surface area contributed by atoms with Crippen LogP contribution >= 0.6 is 11.3 Å². The molecule has 2 aromatic rings. The van der Waals surface area contributed by atoms with Crippen molar-refractivity contribution in [1.29, 1.82) is 0 Å². The van der Waals surface area contributed by atoms with Gasteiger partial charge < -0.3 is 10.1 Å². The van der Waals surface area contributed by atoms with Crippen LogP contribution in [-0.2, 0) is 6.54 Å². The molecule has 3 nitrogen and oxygen atoms in total. The van der Waals surface area contributed by atoms with Crippen molar-refractivity contribution < 1.29 is 4.74 Å². The van der Waals surface area contributed by atoms with Gasteiger partial charge in [-0.3, -0.25) is 4.98 Å². The minimum Gasteiger partial charge on any atom is -0.490 e. The van der Waals surface area contributed by atoms with Crippen molar-refractivity contribution in [1.82, 2.24) is 4.98 Å². The first-order valence-corrected chi connectivity index (χ1v) is 7.66. The molecule has 19 heavy (non-hydrogen) atoms. The summed E-state index contributed by atoms with van der Waals surface area (Å²) in [5, 5.41) is 3.38. The molecule has 100 valence electrons. The molecule has 1 heterocycles. The van der Waals surface area contributed by atoms with E-state index in [-0.39, 0.29) is 0 Å². The Hall–Kier alpha value is -1.55. The zero-order valence-electron chi connectivity index (χ0n) is 10.8. The van der Waals surface area contributed by atoms with E-state index in [0.29, 0.717) is 6.10 Å². The van der Waals surface area contributed by atoms with E-state index in [1.54, 1.807) is 11.3 Å². The van der Waals surface area contributed by atoms with Crippen LogP contribution in [0.2, 0.25) is 0 Å². The summed E-state index contributed by atoms with van der Waals surface area (Å²) in [6.07, 6.45) is 7.33. The van der Waals surface area contributed by atoms with Gasteiger partial charge in [-0.2, -0.15) is 0 Å². The Balaban J connectivity index is 1.53. The third kappa shape index (κ3) is 3.47. The maximum atomic E-state index is 5.94. The lowest BCUT2D eigenvalue weighted by Gasteiger charge is -2.13. The number of benzene rings is 1. The fourth-order valence-electron chi connectivity index (χ4n) is 2.37. The van der Waals surface area contributed by atoms with Crippen LogP contribution in [0.15, 0.2) is 36.0 Å². The van der Waals surface area contributed by atoms with Gasteiger partial charge in [-0.05, 0) is 49.9 Å². The molecule has 0 bridgehead atoms. The van der Waals surface area contributed by atoms with E-state index < -0.39 is 0 Å². The average Bonchev–Trinajstić information content (AvgIpc) is 3.11. The normalized spacial score (nSPS) is 15.6. The second kappa shape index (κ2) is 6.06. The van der Waals surface area contributed by atoms with Crippen LogP contribution in [0.25, 0.3) is 0 Å². The molecule has 1 fully saturated rings. The molecule has 0 amide bonds. The van der Waals surface area contributed by atoms with Gasteiger partial charge in [-0.15, -0.1) is 11.3 Å². The minimum atomic E-state index is 0.427. The Kier molecular flexibility index (Phi) is 3.98.